The van der Waals surface area contributed by atoms with Gasteiger partial charge in [0.05, 0.1) is 23.8 Å². The molecule has 1 fully saturated rings. The molecule has 1 aliphatic rings. The molecule has 27 heavy (non-hydrogen) atoms. The third kappa shape index (κ3) is 3.97. The molecule has 0 aromatic carbocycles. The average Bonchev–Trinajstić information content (AvgIpc) is 2.69. The lowest BCUT2D eigenvalue weighted by atomic mass is 10.0. The molecule has 4 heterocycles. The van der Waals surface area contributed by atoms with Gasteiger partial charge in [-0.15, -0.1) is 10.2 Å². The monoisotopic (exact) mass is 362 g/mol. The van der Waals surface area contributed by atoms with Crippen LogP contribution < -0.4 is 10.2 Å². The summed E-state index contributed by atoms with van der Waals surface area (Å²) in [6, 6.07) is 9.16. The lowest BCUT2D eigenvalue weighted by molar-refractivity contribution is 0.443. The van der Waals surface area contributed by atoms with Crippen LogP contribution in [0.1, 0.15) is 19.8 Å². The van der Waals surface area contributed by atoms with Gasteiger partial charge in [0.2, 0.25) is 0 Å². The summed E-state index contributed by atoms with van der Waals surface area (Å²) >= 11 is 0. The number of pyridine rings is 2. The second-order valence-corrected chi connectivity index (χ2v) is 6.93. The molecule has 4 rings (SSSR count). The molecule has 1 unspecified atom stereocenters. The van der Waals surface area contributed by atoms with E-state index in [0.29, 0.717) is 23.0 Å². The molecular weight excluding hydrogens is 340 g/mol. The van der Waals surface area contributed by atoms with E-state index in [9.17, 15) is 5.11 Å². The zero-order chi connectivity index (χ0) is 18.6. The van der Waals surface area contributed by atoms with E-state index in [1.54, 1.807) is 24.7 Å². The molecule has 7 heteroatoms. The fourth-order valence-corrected chi connectivity index (χ4v) is 3.34. The van der Waals surface area contributed by atoms with Crippen LogP contribution >= 0.6 is 0 Å². The lowest BCUT2D eigenvalue weighted by Gasteiger charge is -2.31. The Morgan fingerprint density at radius 1 is 1.15 bits per heavy atom. The van der Waals surface area contributed by atoms with Crippen LogP contribution in [0, 0.1) is 5.92 Å². The van der Waals surface area contributed by atoms with Gasteiger partial charge in [-0.25, -0.2) is 4.98 Å². The number of aromatic hydroxyl groups is 1. The van der Waals surface area contributed by atoms with Gasteiger partial charge in [-0.3, -0.25) is 4.98 Å². The van der Waals surface area contributed by atoms with Crippen molar-refractivity contribution in [3.8, 4) is 17.1 Å². The number of piperidine rings is 1. The molecule has 2 N–H and O–H groups in total. The molecule has 0 radical (unpaired) electrons. The van der Waals surface area contributed by atoms with Crippen molar-refractivity contribution in [1.29, 1.82) is 0 Å². The van der Waals surface area contributed by atoms with Crippen LogP contribution in [0.15, 0.2) is 48.9 Å². The Morgan fingerprint density at radius 2 is 2.07 bits per heavy atom. The first-order valence-electron chi connectivity index (χ1n) is 9.14. The molecule has 3 aromatic heterocycles. The van der Waals surface area contributed by atoms with Crippen LogP contribution in [0.3, 0.4) is 0 Å². The predicted molar refractivity (Wildman–Crippen MR) is 105 cm³/mol. The highest BCUT2D eigenvalue weighted by Crippen LogP contribution is 2.29. The van der Waals surface area contributed by atoms with Gasteiger partial charge in [0.1, 0.15) is 17.1 Å². The summed E-state index contributed by atoms with van der Waals surface area (Å²) in [5, 5.41) is 22.2. The van der Waals surface area contributed by atoms with Gasteiger partial charge in [0.25, 0.3) is 0 Å². The minimum atomic E-state index is 0.0533. The highest BCUT2D eigenvalue weighted by atomic mass is 16.3. The number of anilines is 3. The highest BCUT2D eigenvalue weighted by molar-refractivity contribution is 5.68. The number of aromatic nitrogens is 4. The summed E-state index contributed by atoms with van der Waals surface area (Å²) in [5.74, 6) is 1.60. The SMILES string of the molecule is CC1CCCN(c2ccc(-c3ncc(Nc4cccnc4)cc3O)nn2)C1. The third-order valence-corrected chi connectivity index (χ3v) is 4.69. The largest absolute Gasteiger partial charge is 0.506 e. The fraction of sp³-hybridized carbons (Fsp3) is 0.300. The van der Waals surface area contributed by atoms with Crippen LogP contribution in [0.25, 0.3) is 11.4 Å². The van der Waals surface area contributed by atoms with Crippen LogP contribution in [-0.4, -0.2) is 38.4 Å². The molecule has 1 atom stereocenters. The maximum absolute atomic E-state index is 10.4. The number of hydrogen-bond donors (Lipinski definition) is 2. The molecule has 1 saturated heterocycles. The molecule has 1 aliphatic heterocycles. The molecule has 0 bridgehead atoms. The van der Waals surface area contributed by atoms with Crippen molar-refractivity contribution < 1.29 is 5.11 Å². The highest BCUT2D eigenvalue weighted by Gasteiger charge is 2.18. The Labute approximate surface area is 158 Å². The number of nitrogens with zero attached hydrogens (tertiary/aromatic N) is 5. The minimum absolute atomic E-state index is 0.0533. The Balaban J connectivity index is 1.51. The summed E-state index contributed by atoms with van der Waals surface area (Å²) in [4.78, 5) is 10.7. The smallest absolute Gasteiger partial charge is 0.151 e. The van der Waals surface area contributed by atoms with Gasteiger partial charge in [-0.1, -0.05) is 6.92 Å². The van der Waals surface area contributed by atoms with E-state index in [1.165, 1.54) is 12.8 Å². The van der Waals surface area contributed by atoms with Gasteiger partial charge in [0, 0.05) is 25.4 Å². The molecular formula is C20H22N6O. The molecule has 3 aromatic rings. The van der Waals surface area contributed by atoms with Gasteiger partial charge in [-0.05, 0) is 43.0 Å². The Morgan fingerprint density at radius 3 is 2.78 bits per heavy atom. The minimum Gasteiger partial charge on any atom is -0.506 e. The number of nitrogens with one attached hydrogen (secondary N) is 1. The zero-order valence-corrected chi connectivity index (χ0v) is 15.2. The number of hydrogen-bond acceptors (Lipinski definition) is 7. The van der Waals surface area contributed by atoms with Gasteiger partial charge < -0.3 is 15.3 Å². The predicted octanol–water partition coefficient (Wildman–Crippen LogP) is 3.62. The summed E-state index contributed by atoms with van der Waals surface area (Å²) in [6.07, 6.45) is 7.51. The lowest BCUT2D eigenvalue weighted by Crippen LogP contribution is -2.34. The molecule has 0 saturated carbocycles. The molecule has 7 nitrogen and oxygen atoms in total. The molecule has 0 spiro atoms. The van der Waals surface area contributed by atoms with E-state index >= 15 is 0 Å². The van der Waals surface area contributed by atoms with Crippen molar-refractivity contribution in [2.75, 3.05) is 23.3 Å². The first-order chi connectivity index (χ1) is 13.2. The molecule has 138 valence electrons. The number of rotatable bonds is 4. The van der Waals surface area contributed by atoms with E-state index in [1.807, 2.05) is 24.3 Å². The Kier molecular flexibility index (Phi) is 4.82. The topological polar surface area (TPSA) is 87.1 Å². The van der Waals surface area contributed by atoms with Crippen molar-refractivity contribution in [3.05, 3.63) is 48.9 Å². The summed E-state index contributed by atoms with van der Waals surface area (Å²) in [7, 11) is 0. The van der Waals surface area contributed by atoms with Gasteiger partial charge in [-0.2, -0.15) is 0 Å². The summed E-state index contributed by atoms with van der Waals surface area (Å²) in [5.41, 5.74) is 2.47. The van der Waals surface area contributed by atoms with Crippen molar-refractivity contribution in [3.63, 3.8) is 0 Å². The Bertz CT molecular complexity index is 900. The van der Waals surface area contributed by atoms with E-state index in [2.05, 4.69) is 37.3 Å². The van der Waals surface area contributed by atoms with Crippen molar-refractivity contribution in [1.82, 2.24) is 20.2 Å². The summed E-state index contributed by atoms with van der Waals surface area (Å²) < 4.78 is 0. The van der Waals surface area contributed by atoms with E-state index in [0.717, 1.165) is 24.6 Å². The maximum Gasteiger partial charge on any atom is 0.151 e. The van der Waals surface area contributed by atoms with E-state index in [4.69, 9.17) is 0 Å². The first-order valence-corrected chi connectivity index (χ1v) is 9.14. The maximum atomic E-state index is 10.4. The normalized spacial score (nSPS) is 16.9. The Hall–Kier alpha value is -3.22. The molecule has 0 aliphatic carbocycles. The van der Waals surface area contributed by atoms with Crippen LogP contribution in [0.4, 0.5) is 17.2 Å². The van der Waals surface area contributed by atoms with Crippen LogP contribution in [-0.2, 0) is 0 Å². The third-order valence-electron chi connectivity index (χ3n) is 4.69. The van der Waals surface area contributed by atoms with E-state index < -0.39 is 0 Å². The van der Waals surface area contributed by atoms with Crippen molar-refractivity contribution in [2.24, 2.45) is 5.92 Å². The van der Waals surface area contributed by atoms with Crippen molar-refractivity contribution >= 4 is 17.2 Å². The van der Waals surface area contributed by atoms with Crippen molar-refractivity contribution in [2.45, 2.75) is 19.8 Å². The summed E-state index contributed by atoms with van der Waals surface area (Å²) in [6.45, 7) is 4.28. The van der Waals surface area contributed by atoms with E-state index in [-0.39, 0.29) is 5.75 Å². The quantitative estimate of drug-likeness (QED) is 0.733. The van der Waals surface area contributed by atoms with Gasteiger partial charge >= 0.3 is 0 Å². The average molecular weight is 362 g/mol. The standard InChI is InChI=1S/C20H22N6O/c1-14-4-3-9-26(13-14)19-7-6-17(24-25-19)20-18(27)10-16(12-22-20)23-15-5-2-8-21-11-15/h2,5-8,10-12,14,23,27H,3-4,9,13H2,1H3. The van der Waals surface area contributed by atoms with Gasteiger partial charge in [0.15, 0.2) is 5.82 Å². The molecule has 0 amide bonds. The first kappa shape index (κ1) is 17.2. The van der Waals surface area contributed by atoms with Crippen LogP contribution in [0.5, 0.6) is 5.75 Å². The second-order valence-electron chi connectivity index (χ2n) is 6.93. The van der Waals surface area contributed by atoms with Crippen LogP contribution in [0.2, 0.25) is 0 Å². The zero-order valence-electron chi connectivity index (χ0n) is 15.2. The second kappa shape index (κ2) is 7.57. The fourth-order valence-electron chi connectivity index (χ4n) is 3.34.